The number of ether oxygens (including phenoxy) is 2. The second kappa shape index (κ2) is 22.7. The Hall–Kier alpha value is -1.06. The van der Waals surface area contributed by atoms with Crippen LogP contribution < -0.4 is 5.32 Å². The van der Waals surface area contributed by atoms with Gasteiger partial charge < -0.3 is 30.1 Å². The highest BCUT2D eigenvalue weighted by Gasteiger charge is 2.45. The van der Waals surface area contributed by atoms with Gasteiger partial charge in [-0.3, -0.25) is 9.59 Å². The largest absolute Gasteiger partial charge is 0.394 e. The van der Waals surface area contributed by atoms with Crippen LogP contribution in [-0.4, -0.2) is 70.9 Å². The molecular formula is C30H57NO7. The van der Waals surface area contributed by atoms with Crippen molar-refractivity contribution in [3.05, 3.63) is 0 Å². The fourth-order valence-electron chi connectivity index (χ4n) is 5.03. The lowest BCUT2D eigenvalue weighted by Gasteiger charge is -2.42. The van der Waals surface area contributed by atoms with E-state index in [-0.39, 0.29) is 12.2 Å². The third kappa shape index (κ3) is 15.5. The van der Waals surface area contributed by atoms with Crippen molar-refractivity contribution < 1.29 is 34.4 Å². The maximum Gasteiger partial charge on any atom is 0.227 e. The molecule has 1 saturated heterocycles. The van der Waals surface area contributed by atoms with Crippen molar-refractivity contribution in [3.63, 3.8) is 0 Å². The van der Waals surface area contributed by atoms with Gasteiger partial charge in [0.25, 0.3) is 0 Å². The lowest BCUT2D eigenvalue weighted by atomic mass is 9.96. The average Bonchev–Trinajstić information content (AvgIpc) is 2.89. The number of nitrogens with one attached hydrogen (secondary N) is 1. The highest BCUT2D eigenvalue weighted by molar-refractivity contribution is 5.98. The quantitative estimate of drug-likeness (QED) is 0.100. The molecule has 0 aromatic carbocycles. The number of Topliss-reactive ketones (excluding diaryl/α,β-unsaturated/α-hetero) is 1. The van der Waals surface area contributed by atoms with Gasteiger partial charge in [0.2, 0.25) is 5.91 Å². The third-order valence-electron chi connectivity index (χ3n) is 7.43. The Balaban J connectivity index is 2.37. The fourth-order valence-corrected chi connectivity index (χ4v) is 5.03. The minimum absolute atomic E-state index is 0.137. The molecule has 5 atom stereocenters. The Morgan fingerprint density at radius 2 is 1.26 bits per heavy atom. The van der Waals surface area contributed by atoms with Crippen LogP contribution in [0, 0.1) is 0 Å². The molecule has 0 spiro atoms. The first-order valence-corrected chi connectivity index (χ1v) is 15.5. The molecule has 0 saturated carbocycles. The molecule has 8 heteroatoms. The summed E-state index contributed by atoms with van der Waals surface area (Å²) in [4.78, 5) is 24.9. The molecule has 0 radical (unpaired) electrons. The van der Waals surface area contributed by atoms with Gasteiger partial charge in [-0.2, -0.15) is 0 Å². The van der Waals surface area contributed by atoms with Crippen LogP contribution in [0.25, 0.3) is 0 Å². The molecule has 1 rings (SSSR count). The minimum Gasteiger partial charge on any atom is -0.394 e. The van der Waals surface area contributed by atoms with Crippen LogP contribution in [0.3, 0.4) is 0 Å². The van der Waals surface area contributed by atoms with Gasteiger partial charge in [0.05, 0.1) is 13.0 Å². The summed E-state index contributed by atoms with van der Waals surface area (Å²) in [5, 5.41) is 33.3. The van der Waals surface area contributed by atoms with Crippen LogP contribution in [0.4, 0.5) is 0 Å². The van der Waals surface area contributed by atoms with E-state index < -0.39 is 43.2 Å². The molecule has 0 aromatic rings. The maximum atomic E-state index is 12.6. The van der Waals surface area contributed by atoms with Gasteiger partial charge in [-0.25, -0.2) is 0 Å². The van der Waals surface area contributed by atoms with Gasteiger partial charge >= 0.3 is 0 Å². The first kappa shape index (κ1) is 35.0. The molecule has 4 N–H and O–H groups in total. The molecule has 224 valence electrons. The number of ketones is 1. The molecule has 1 fully saturated rings. The summed E-state index contributed by atoms with van der Waals surface area (Å²) in [7, 11) is 0. The summed E-state index contributed by atoms with van der Waals surface area (Å²) in [6.07, 6.45) is 15.0. The molecule has 0 aromatic heterocycles. The summed E-state index contributed by atoms with van der Waals surface area (Å²) < 4.78 is 11.2. The Kier molecular flexibility index (Phi) is 20.9. The van der Waals surface area contributed by atoms with Crippen LogP contribution in [-0.2, 0) is 19.1 Å². The van der Waals surface area contributed by atoms with Crippen molar-refractivity contribution >= 4 is 11.7 Å². The number of aliphatic hydroxyl groups is 3. The average molecular weight is 544 g/mol. The molecule has 1 aliphatic heterocycles. The van der Waals surface area contributed by atoms with E-state index in [9.17, 15) is 24.9 Å². The number of hydrogen-bond acceptors (Lipinski definition) is 7. The smallest absolute Gasteiger partial charge is 0.227 e. The molecule has 8 nitrogen and oxygen atoms in total. The zero-order valence-electron chi connectivity index (χ0n) is 24.2. The number of hydrogen-bond donors (Lipinski definition) is 4. The zero-order valence-corrected chi connectivity index (χ0v) is 24.2. The first-order valence-electron chi connectivity index (χ1n) is 15.5. The molecule has 0 aliphatic carbocycles. The fraction of sp³-hybridized carbons (Fsp3) is 0.933. The molecular weight excluding hydrogens is 486 g/mol. The third-order valence-corrected chi connectivity index (χ3v) is 7.43. The van der Waals surface area contributed by atoms with E-state index in [2.05, 4.69) is 19.2 Å². The number of carbonyl (C=O) groups excluding carboxylic acids is 2. The molecule has 0 bridgehead atoms. The van der Waals surface area contributed by atoms with Crippen LogP contribution in [0.15, 0.2) is 0 Å². The van der Waals surface area contributed by atoms with Gasteiger partial charge in [-0.05, 0) is 12.8 Å². The second-order valence-corrected chi connectivity index (χ2v) is 10.9. The lowest BCUT2D eigenvalue weighted by Crippen LogP contribution is -2.65. The topological polar surface area (TPSA) is 125 Å². The van der Waals surface area contributed by atoms with Crippen molar-refractivity contribution in [2.24, 2.45) is 0 Å². The second-order valence-electron chi connectivity index (χ2n) is 10.9. The number of rotatable bonds is 24. The zero-order chi connectivity index (χ0) is 28.0. The minimum atomic E-state index is -1.45. The molecule has 1 heterocycles. The van der Waals surface area contributed by atoms with Gasteiger partial charge in [0, 0.05) is 13.0 Å². The maximum absolute atomic E-state index is 12.6. The predicted molar refractivity (Wildman–Crippen MR) is 150 cm³/mol. The summed E-state index contributed by atoms with van der Waals surface area (Å²) in [6, 6.07) is -1.02. The molecule has 38 heavy (non-hydrogen) atoms. The first-order chi connectivity index (χ1) is 18.4. The van der Waals surface area contributed by atoms with E-state index in [1.165, 1.54) is 70.6 Å². The van der Waals surface area contributed by atoms with Gasteiger partial charge in [0.1, 0.15) is 30.1 Å². The highest BCUT2D eigenvalue weighted by atomic mass is 16.6. The van der Waals surface area contributed by atoms with Gasteiger partial charge in [-0.1, -0.05) is 110 Å². The monoisotopic (exact) mass is 543 g/mol. The summed E-state index contributed by atoms with van der Waals surface area (Å²) in [5.74, 6) is -0.657. The predicted octanol–water partition coefficient (Wildman–Crippen LogP) is 4.95. The molecule has 0 unspecified atom stereocenters. The lowest BCUT2D eigenvalue weighted by molar-refractivity contribution is -0.262. The molecule has 1 amide bonds. The van der Waals surface area contributed by atoms with Gasteiger partial charge in [0.15, 0.2) is 6.29 Å². The number of aliphatic hydroxyl groups excluding tert-OH is 3. The number of unbranched alkanes of at least 4 members (excludes halogenated alkanes) is 15. The number of carbonyl (C=O) groups is 2. The summed E-state index contributed by atoms with van der Waals surface area (Å²) >= 11 is 0. The Labute approximate surface area is 231 Å². The van der Waals surface area contributed by atoms with E-state index in [0.717, 1.165) is 38.5 Å². The number of amides is 1. The van der Waals surface area contributed by atoms with Crippen LogP contribution in [0.1, 0.15) is 136 Å². The summed E-state index contributed by atoms with van der Waals surface area (Å²) in [5.41, 5.74) is 0. The van der Waals surface area contributed by atoms with Crippen LogP contribution in [0.5, 0.6) is 0 Å². The van der Waals surface area contributed by atoms with Crippen LogP contribution >= 0.6 is 0 Å². The van der Waals surface area contributed by atoms with E-state index in [0.29, 0.717) is 13.0 Å². The normalized spacial score (nSPS) is 23.4. The van der Waals surface area contributed by atoms with Gasteiger partial charge in [-0.15, -0.1) is 0 Å². The van der Waals surface area contributed by atoms with Crippen molar-refractivity contribution in [3.8, 4) is 0 Å². The Morgan fingerprint density at radius 1 is 0.763 bits per heavy atom. The van der Waals surface area contributed by atoms with Crippen molar-refractivity contribution in [1.82, 2.24) is 5.32 Å². The van der Waals surface area contributed by atoms with Crippen LogP contribution in [0.2, 0.25) is 0 Å². The van der Waals surface area contributed by atoms with E-state index >= 15 is 0 Å². The Bertz CT molecular complexity index is 603. The van der Waals surface area contributed by atoms with E-state index in [1.54, 1.807) is 0 Å². The standard InChI is InChI=1S/C30H57NO7/c1-3-5-7-9-11-13-14-16-18-20-24(33)22-26(34)31-27-29(28(35)25(23-32)38-30(27)36)37-21-19-17-15-12-10-8-6-4-2/h25,27-30,32,35-36H,3-23H2,1-2H3,(H,31,34)/t25-,27-,28-,29-,30-/m1/s1. The van der Waals surface area contributed by atoms with Crippen molar-refractivity contribution in [2.45, 2.75) is 166 Å². The Morgan fingerprint density at radius 3 is 1.79 bits per heavy atom. The SMILES string of the molecule is CCCCCCCCCCCC(=O)CC(=O)N[C@@H]1[C@@H](OCCCCCCCCCC)[C@H](O)[C@@H](CO)O[C@H]1O. The molecule has 1 aliphatic rings. The van der Waals surface area contributed by atoms with Crippen molar-refractivity contribution in [2.75, 3.05) is 13.2 Å². The van der Waals surface area contributed by atoms with E-state index in [1.807, 2.05) is 0 Å². The highest BCUT2D eigenvalue weighted by Crippen LogP contribution is 2.23. The summed E-state index contributed by atoms with van der Waals surface area (Å²) in [6.45, 7) is 4.30. The van der Waals surface area contributed by atoms with E-state index in [4.69, 9.17) is 9.47 Å². The van der Waals surface area contributed by atoms with Crippen molar-refractivity contribution in [1.29, 1.82) is 0 Å².